The van der Waals surface area contributed by atoms with Gasteiger partial charge in [0, 0.05) is 12.2 Å². The summed E-state index contributed by atoms with van der Waals surface area (Å²) >= 11 is 2.52. The summed E-state index contributed by atoms with van der Waals surface area (Å²) < 4.78 is 40.8. The molecule has 1 aromatic carbocycles. The monoisotopic (exact) mass is 392 g/mol. The number of rotatable bonds is 7. The maximum absolute atomic E-state index is 12.1. The number of carbonyl (C=O) groups is 1. The lowest BCUT2D eigenvalue weighted by Crippen LogP contribution is -2.30. The molecule has 2 aromatic rings. The second-order valence-corrected chi connectivity index (χ2v) is 7.29. The van der Waals surface area contributed by atoms with Crippen molar-refractivity contribution < 1.29 is 22.7 Å². The van der Waals surface area contributed by atoms with E-state index in [0.717, 1.165) is 0 Å². The first-order valence-electron chi connectivity index (χ1n) is 7.17. The van der Waals surface area contributed by atoms with Crippen molar-refractivity contribution in [3.8, 4) is 5.75 Å². The van der Waals surface area contributed by atoms with Gasteiger partial charge < -0.3 is 15.4 Å². The Balaban J connectivity index is 1.93. The second kappa shape index (κ2) is 8.39. The Labute approximate surface area is 150 Å². The highest BCUT2D eigenvalue weighted by Gasteiger charge is 2.30. The summed E-state index contributed by atoms with van der Waals surface area (Å²) in [5.74, 6) is -0.389. The van der Waals surface area contributed by atoms with Crippen LogP contribution in [-0.4, -0.2) is 34.3 Å². The molecule has 0 aliphatic carbocycles. The summed E-state index contributed by atoms with van der Waals surface area (Å²) in [6.45, 7) is 4.16. The summed E-state index contributed by atoms with van der Waals surface area (Å²) in [6.07, 6.45) is -4.72. The molecule has 0 aliphatic rings. The number of aromatic nitrogens is 2. The first kappa shape index (κ1) is 19.3. The standard InChI is InChI=1S/C14H15F3N4O2S2/c1-3-18-11(22)8(2)24-13-21-20-12(25-13)19-9-4-6-10(7-5-9)23-14(15,16)17/h4-8H,3H2,1-2H3,(H,18,22)(H,19,20)/t8-/m0/s1. The largest absolute Gasteiger partial charge is 0.573 e. The van der Waals surface area contributed by atoms with E-state index in [0.29, 0.717) is 21.7 Å². The van der Waals surface area contributed by atoms with Crippen molar-refractivity contribution in [1.82, 2.24) is 15.5 Å². The lowest BCUT2D eigenvalue weighted by molar-refractivity contribution is -0.274. The van der Waals surface area contributed by atoms with Gasteiger partial charge in [0.05, 0.1) is 5.25 Å². The van der Waals surface area contributed by atoms with Crippen molar-refractivity contribution in [2.45, 2.75) is 29.8 Å². The molecule has 0 saturated carbocycles. The minimum absolute atomic E-state index is 0.0857. The molecule has 1 heterocycles. The molecule has 6 nitrogen and oxygen atoms in total. The fourth-order valence-corrected chi connectivity index (χ4v) is 3.63. The van der Waals surface area contributed by atoms with Crippen LogP contribution in [0.15, 0.2) is 28.6 Å². The Morgan fingerprint density at radius 2 is 2.00 bits per heavy atom. The number of nitrogens with zero attached hydrogens (tertiary/aromatic N) is 2. The van der Waals surface area contributed by atoms with Crippen LogP contribution in [0.5, 0.6) is 5.75 Å². The molecular weight excluding hydrogens is 377 g/mol. The van der Waals surface area contributed by atoms with Crippen molar-refractivity contribution in [3.05, 3.63) is 24.3 Å². The Kier molecular flexibility index (Phi) is 6.48. The highest BCUT2D eigenvalue weighted by atomic mass is 32.2. The van der Waals surface area contributed by atoms with Crippen LogP contribution in [0.1, 0.15) is 13.8 Å². The summed E-state index contributed by atoms with van der Waals surface area (Å²) in [5.41, 5.74) is 0.541. The quantitative estimate of drug-likeness (QED) is 0.698. The molecule has 25 heavy (non-hydrogen) atoms. The van der Waals surface area contributed by atoms with Crippen LogP contribution in [0.4, 0.5) is 24.0 Å². The van der Waals surface area contributed by atoms with Gasteiger partial charge in [0.25, 0.3) is 0 Å². The molecular formula is C14H15F3N4O2S2. The number of nitrogens with one attached hydrogen (secondary N) is 2. The Morgan fingerprint density at radius 3 is 2.60 bits per heavy atom. The molecule has 11 heteroatoms. The minimum atomic E-state index is -4.72. The molecule has 1 aromatic heterocycles. The van der Waals surface area contributed by atoms with E-state index in [4.69, 9.17) is 0 Å². The van der Waals surface area contributed by atoms with Gasteiger partial charge in [-0.15, -0.1) is 23.4 Å². The van der Waals surface area contributed by atoms with Crippen molar-refractivity contribution in [2.24, 2.45) is 0 Å². The van der Waals surface area contributed by atoms with E-state index in [2.05, 4.69) is 25.6 Å². The number of alkyl halides is 3. The number of halogens is 3. The van der Waals surface area contributed by atoms with E-state index in [-0.39, 0.29) is 16.9 Å². The highest BCUT2D eigenvalue weighted by Crippen LogP contribution is 2.31. The SMILES string of the molecule is CCNC(=O)[C@H](C)Sc1nnc(Nc2ccc(OC(F)(F)F)cc2)s1. The first-order chi connectivity index (χ1) is 11.8. The van der Waals surface area contributed by atoms with Gasteiger partial charge in [-0.05, 0) is 38.1 Å². The third-order valence-corrected chi connectivity index (χ3v) is 4.77. The van der Waals surface area contributed by atoms with Crippen molar-refractivity contribution in [2.75, 3.05) is 11.9 Å². The van der Waals surface area contributed by atoms with Crippen molar-refractivity contribution >= 4 is 39.8 Å². The third-order valence-electron chi connectivity index (χ3n) is 2.74. The fourth-order valence-electron chi connectivity index (χ4n) is 1.69. The molecule has 0 bridgehead atoms. The lowest BCUT2D eigenvalue weighted by Gasteiger charge is -2.09. The van der Waals surface area contributed by atoms with Crippen LogP contribution >= 0.6 is 23.1 Å². The van der Waals surface area contributed by atoms with Gasteiger partial charge in [0.15, 0.2) is 4.34 Å². The molecule has 2 N–H and O–H groups in total. The van der Waals surface area contributed by atoms with E-state index in [1.54, 1.807) is 6.92 Å². The van der Waals surface area contributed by atoms with Crippen molar-refractivity contribution in [1.29, 1.82) is 0 Å². The van der Waals surface area contributed by atoms with E-state index in [1.807, 2.05) is 6.92 Å². The molecule has 0 aliphatic heterocycles. The number of thioether (sulfide) groups is 1. The molecule has 0 spiro atoms. The molecule has 2 rings (SSSR count). The molecule has 0 unspecified atom stereocenters. The van der Waals surface area contributed by atoms with Gasteiger partial charge in [-0.3, -0.25) is 4.79 Å². The number of hydrogen-bond donors (Lipinski definition) is 2. The summed E-state index contributed by atoms with van der Waals surface area (Å²) in [4.78, 5) is 11.7. The van der Waals surface area contributed by atoms with Crippen LogP contribution in [0.25, 0.3) is 0 Å². The average Bonchev–Trinajstić information content (AvgIpc) is 2.95. The number of benzene rings is 1. The fraction of sp³-hybridized carbons (Fsp3) is 0.357. The first-order valence-corrected chi connectivity index (χ1v) is 8.87. The minimum Gasteiger partial charge on any atom is -0.406 e. The third kappa shape index (κ3) is 6.42. The maximum atomic E-state index is 12.1. The topological polar surface area (TPSA) is 76.1 Å². The maximum Gasteiger partial charge on any atom is 0.573 e. The number of carbonyl (C=O) groups excluding carboxylic acids is 1. The van der Waals surface area contributed by atoms with Crippen LogP contribution in [0, 0.1) is 0 Å². The zero-order valence-corrected chi connectivity index (χ0v) is 14.9. The van der Waals surface area contributed by atoms with Crippen LogP contribution in [0.3, 0.4) is 0 Å². The number of ether oxygens (including phenoxy) is 1. The molecule has 0 fully saturated rings. The predicted molar refractivity (Wildman–Crippen MR) is 90.3 cm³/mol. The van der Waals surface area contributed by atoms with E-state index < -0.39 is 6.36 Å². The number of hydrogen-bond acceptors (Lipinski definition) is 7. The highest BCUT2D eigenvalue weighted by molar-refractivity contribution is 8.02. The van der Waals surface area contributed by atoms with Gasteiger partial charge in [-0.2, -0.15) is 0 Å². The zero-order chi connectivity index (χ0) is 18.4. The van der Waals surface area contributed by atoms with Crippen LogP contribution < -0.4 is 15.4 Å². The smallest absolute Gasteiger partial charge is 0.406 e. The predicted octanol–water partition coefficient (Wildman–Crippen LogP) is 3.80. The Hall–Kier alpha value is -2.01. The van der Waals surface area contributed by atoms with E-state index in [9.17, 15) is 18.0 Å². The number of amides is 1. The lowest BCUT2D eigenvalue weighted by atomic mass is 10.3. The van der Waals surface area contributed by atoms with Gasteiger partial charge >= 0.3 is 6.36 Å². The molecule has 1 amide bonds. The van der Waals surface area contributed by atoms with Crippen molar-refractivity contribution in [3.63, 3.8) is 0 Å². The summed E-state index contributed by atoms with van der Waals surface area (Å²) in [7, 11) is 0. The average molecular weight is 392 g/mol. The molecule has 0 saturated heterocycles. The summed E-state index contributed by atoms with van der Waals surface area (Å²) in [5, 5.41) is 13.7. The van der Waals surface area contributed by atoms with Gasteiger partial charge in [-0.1, -0.05) is 23.1 Å². The number of anilines is 2. The van der Waals surface area contributed by atoms with E-state index >= 15 is 0 Å². The molecule has 0 radical (unpaired) electrons. The van der Waals surface area contributed by atoms with Crippen LogP contribution in [-0.2, 0) is 4.79 Å². The molecule has 136 valence electrons. The Morgan fingerprint density at radius 1 is 1.32 bits per heavy atom. The van der Waals surface area contributed by atoms with E-state index in [1.165, 1.54) is 47.4 Å². The second-order valence-electron chi connectivity index (χ2n) is 4.72. The molecule has 1 atom stereocenters. The zero-order valence-electron chi connectivity index (χ0n) is 13.3. The van der Waals surface area contributed by atoms with Crippen LogP contribution in [0.2, 0.25) is 0 Å². The Bertz CT molecular complexity index is 707. The van der Waals surface area contributed by atoms with Gasteiger partial charge in [-0.25, -0.2) is 0 Å². The normalized spacial score (nSPS) is 12.5. The summed E-state index contributed by atoms with van der Waals surface area (Å²) in [6, 6.07) is 5.27. The van der Waals surface area contributed by atoms with Gasteiger partial charge in [0.1, 0.15) is 5.75 Å². The van der Waals surface area contributed by atoms with Gasteiger partial charge in [0.2, 0.25) is 11.0 Å².